The van der Waals surface area contributed by atoms with E-state index in [9.17, 15) is 29.4 Å². The number of carboxylic acid groups (broad SMARTS) is 1. The molecule has 0 spiro atoms. The van der Waals surface area contributed by atoms with Crippen LogP contribution in [0.3, 0.4) is 0 Å². The molecule has 12 heteroatoms. The predicted molar refractivity (Wildman–Crippen MR) is 167 cm³/mol. The van der Waals surface area contributed by atoms with Gasteiger partial charge in [-0.05, 0) is 36.1 Å². The van der Waals surface area contributed by atoms with Crippen LogP contribution in [0.2, 0.25) is 0 Å². The van der Waals surface area contributed by atoms with E-state index >= 15 is 0 Å². The highest BCUT2D eigenvalue weighted by Gasteiger charge is 2.34. The lowest BCUT2D eigenvalue weighted by molar-refractivity contribution is -0.143. The van der Waals surface area contributed by atoms with Crippen molar-refractivity contribution >= 4 is 45.5 Å². The summed E-state index contributed by atoms with van der Waals surface area (Å²) in [6, 6.07) is 10.0. The van der Waals surface area contributed by atoms with E-state index in [0.717, 1.165) is 27.4 Å². The molecular weight excluding hydrogens is 564 g/mol. The molecule has 4 rings (SSSR count). The largest absolute Gasteiger partial charge is 0.480 e. The van der Waals surface area contributed by atoms with Crippen LogP contribution in [0, 0.1) is 5.92 Å². The summed E-state index contributed by atoms with van der Waals surface area (Å²) < 4.78 is 0. The highest BCUT2D eigenvalue weighted by atomic mass is 16.4. The van der Waals surface area contributed by atoms with Crippen LogP contribution in [-0.2, 0) is 32.0 Å². The number of benzene rings is 2. The first-order chi connectivity index (χ1) is 21.0. The molecule has 6 unspecified atom stereocenters. The SMILES string of the molecule is CCC(C)C(N)C(=O)NC(Cc1c[nH]c2ccccc12)C(=O)NC(C(=O)NC(Cc1c[nH]c2ccccc12)C(=O)O)C(C)O. The second kappa shape index (κ2) is 14.2. The van der Waals surface area contributed by atoms with Crippen LogP contribution in [0.4, 0.5) is 0 Å². The minimum absolute atomic E-state index is 0.0295. The summed E-state index contributed by atoms with van der Waals surface area (Å²) in [6.07, 6.45) is 2.74. The fourth-order valence-electron chi connectivity index (χ4n) is 5.15. The molecule has 9 N–H and O–H groups in total. The van der Waals surface area contributed by atoms with E-state index in [4.69, 9.17) is 5.73 Å². The van der Waals surface area contributed by atoms with E-state index in [0.29, 0.717) is 12.0 Å². The number of hydrogen-bond donors (Lipinski definition) is 8. The van der Waals surface area contributed by atoms with Gasteiger partial charge in [-0.3, -0.25) is 14.4 Å². The van der Waals surface area contributed by atoms with Gasteiger partial charge in [0.1, 0.15) is 18.1 Å². The van der Waals surface area contributed by atoms with Gasteiger partial charge >= 0.3 is 5.97 Å². The third kappa shape index (κ3) is 7.44. The van der Waals surface area contributed by atoms with E-state index in [1.165, 1.54) is 6.92 Å². The van der Waals surface area contributed by atoms with Crippen LogP contribution >= 0.6 is 0 Å². The second-order valence-electron chi connectivity index (χ2n) is 11.2. The van der Waals surface area contributed by atoms with Gasteiger partial charge in [0.05, 0.1) is 12.1 Å². The van der Waals surface area contributed by atoms with Crippen molar-refractivity contribution in [2.75, 3.05) is 0 Å². The molecule has 0 aliphatic rings. The zero-order chi connectivity index (χ0) is 32.0. The standard InChI is InChI=1S/C32H40N6O6/c1-4-17(2)27(33)30(41)36-25(13-19-15-34-23-11-7-5-9-21(19)23)29(40)38-28(18(3)39)31(42)37-26(32(43)44)14-20-16-35-24-12-8-6-10-22(20)24/h5-12,15-18,25-28,34-35,39H,4,13-14,33H2,1-3H3,(H,36,41)(H,37,42)(H,38,40)(H,43,44). The normalized spacial score (nSPS) is 15.6. The summed E-state index contributed by atoms with van der Waals surface area (Å²) in [4.78, 5) is 58.4. The number of para-hydroxylation sites is 2. The number of nitrogens with one attached hydrogen (secondary N) is 5. The molecule has 0 saturated carbocycles. The number of carbonyl (C=O) groups excluding carboxylic acids is 3. The zero-order valence-electron chi connectivity index (χ0n) is 25.0. The number of aliphatic carboxylic acids is 1. The number of amides is 3. The summed E-state index contributed by atoms with van der Waals surface area (Å²) in [6.45, 7) is 5.05. The molecule has 3 amide bonds. The number of hydrogen-bond acceptors (Lipinski definition) is 6. The van der Waals surface area contributed by atoms with Gasteiger partial charge in [0, 0.05) is 47.0 Å². The van der Waals surface area contributed by atoms with E-state index in [-0.39, 0.29) is 18.8 Å². The van der Waals surface area contributed by atoms with Crippen molar-refractivity contribution in [3.8, 4) is 0 Å². The Kier molecular flexibility index (Phi) is 10.4. The lowest BCUT2D eigenvalue weighted by Crippen LogP contribution is -2.60. The highest BCUT2D eigenvalue weighted by molar-refractivity contribution is 5.95. The number of aliphatic hydroxyl groups is 1. The van der Waals surface area contributed by atoms with Gasteiger partial charge in [-0.1, -0.05) is 56.7 Å². The Hall–Kier alpha value is -4.68. The molecule has 2 heterocycles. The number of aliphatic hydroxyl groups excluding tert-OH is 1. The van der Waals surface area contributed by atoms with Crippen molar-refractivity contribution in [3.63, 3.8) is 0 Å². The van der Waals surface area contributed by atoms with Gasteiger partial charge in [0.25, 0.3) is 0 Å². The minimum atomic E-state index is -1.50. The Morgan fingerprint density at radius 1 is 0.773 bits per heavy atom. The first-order valence-corrected chi connectivity index (χ1v) is 14.7. The number of carboxylic acids is 1. The van der Waals surface area contributed by atoms with Crippen molar-refractivity contribution in [1.29, 1.82) is 0 Å². The minimum Gasteiger partial charge on any atom is -0.480 e. The Labute approximate surface area is 254 Å². The van der Waals surface area contributed by atoms with Crippen LogP contribution in [0.1, 0.15) is 38.3 Å². The van der Waals surface area contributed by atoms with Gasteiger partial charge in [-0.2, -0.15) is 0 Å². The third-order valence-corrected chi connectivity index (χ3v) is 8.07. The Morgan fingerprint density at radius 2 is 1.27 bits per heavy atom. The summed E-state index contributed by atoms with van der Waals surface area (Å²) in [5.74, 6) is -3.56. The Balaban J connectivity index is 1.53. The number of nitrogens with two attached hydrogens (primary N) is 1. The lowest BCUT2D eigenvalue weighted by Gasteiger charge is -2.27. The van der Waals surface area contributed by atoms with E-state index in [1.54, 1.807) is 12.4 Å². The van der Waals surface area contributed by atoms with Gasteiger partial charge < -0.3 is 41.9 Å². The number of carbonyl (C=O) groups is 4. The molecular formula is C32H40N6O6. The molecule has 12 nitrogen and oxygen atoms in total. The molecule has 6 atom stereocenters. The number of H-pyrrole nitrogens is 2. The van der Waals surface area contributed by atoms with Gasteiger partial charge in [0.2, 0.25) is 17.7 Å². The molecule has 0 radical (unpaired) electrons. The van der Waals surface area contributed by atoms with Crippen molar-refractivity contribution < 1.29 is 29.4 Å². The van der Waals surface area contributed by atoms with Crippen LogP contribution in [0.25, 0.3) is 21.8 Å². The lowest BCUT2D eigenvalue weighted by atomic mass is 9.98. The number of aromatic nitrogens is 2. The van der Waals surface area contributed by atoms with Crippen LogP contribution < -0.4 is 21.7 Å². The van der Waals surface area contributed by atoms with Crippen molar-refractivity contribution in [1.82, 2.24) is 25.9 Å². The molecule has 0 saturated heterocycles. The van der Waals surface area contributed by atoms with Gasteiger partial charge in [-0.15, -0.1) is 0 Å². The molecule has 2 aromatic carbocycles. The molecule has 2 aromatic heterocycles. The molecule has 4 aromatic rings. The van der Waals surface area contributed by atoms with Crippen LogP contribution in [-0.4, -0.2) is 74.1 Å². The smallest absolute Gasteiger partial charge is 0.326 e. The summed E-state index contributed by atoms with van der Waals surface area (Å²) in [5.41, 5.74) is 9.25. The van der Waals surface area contributed by atoms with Crippen molar-refractivity contribution in [2.45, 2.75) is 70.3 Å². The van der Waals surface area contributed by atoms with E-state index in [1.807, 2.05) is 62.4 Å². The molecule has 0 fully saturated rings. The number of aromatic amines is 2. The first-order valence-electron chi connectivity index (χ1n) is 14.7. The quantitative estimate of drug-likeness (QED) is 0.107. The van der Waals surface area contributed by atoms with Gasteiger partial charge in [0.15, 0.2) is 0 Å². The zero-order valence-corrected chi connectivity index (χ0v) is 25.0. The summed E-state index contributed by atoms with van der Waals surface area (Å²) in [5, 5.41) is 29.8. The maximum absolute atomic E-state index is 13.7. The number of rotatable bonds is 14. The fraction of sp³-hybridized carbons (Fsp3) is 0.375. The molecule has 234 valence electrons. The average Bonchev–Trinajstić information content (AvgIpc) is 3.61. The van der Waals surface area contributed by atoms with Crippen LogP contribution in [0.5, 0.6) is 0 Å². The summed E-state index contributed by atoms with van der Waals surface area (Å²) in [7, 11) is 0. The maximum atomic E-state index is 13.7. The molecule has 44 heavy (non-hydrogen) atoms. The molecule has 0 aliphatic heterocycles. The van der Waals surface area contributed by atoms with Crippen LogP contribution in [0.15, 0.2) is 60.9 Å². The van der Waals surface area contributed by atoms with E-state index in [2.05, 4.69) is 25.9 Å². The second-order valence-corrected chi connectivity index (χ2v) is 11.2. The Bertz CT molecular complexity index is 1630. The van der Waals surface area contributed by atoms with Gasteiger partial charge in [-0.25, -0.2) is 4.79 Å². The molecule has 0 aliphatic carbocycles. The maximum Gasteiger partial charge on any atom is 0.326 e. The highest BCUT2D eigenvalue weighted by Crippen LogP contribution is 2.21. The Morgan fingerprint density at radius 3 is 1.77 bits per heavy atom. The van der Waals surface area contributed by atoms with E-state index < -0.39 is 54.0 Å². The summed E-state index contributed by atoms with van der Waals surface area (Å²) >= 11 is 0. The third-order valence-electron chi connectivity index (χ3n) is 8.07. The predicted octanol–water partition coefficient (Wildman–Crippen LogP) is 1.73. The first kappa shape index (κ1) is 32.2. The number of fused-ring (bicyclic) bond motifs is 2. The average molecular weight is 605 g/mol. The fourth-order valence-corrected chi connectivity index (χ4v) is 5.15. The monoisotopic (exact) mass is 604 g/mol. The van der Waals surface area contributed by atoms with Crippen molar-refractivity contribution in [3.05, 3.63) is 72.1 Å². The van der Waals surface area contributed by atoms with Crippen molar-refractivity contribution in [2.24, 2.45) is 11.7 Å². The topological polar surface area (TPSA) is 202 Å². The molecule has 0 bridgehead atoms.